The van der Waals surface area contributed by atoms with Crippen LogP contribution in [0.2, 0.25) is 0 Å². The molecule has 21 heavy (non-hydrogen) atoms. The van der Waals surface area contributed by atoms with E-state index in [1.807, 2.05) is 14.1 Å². The zero-order valence-corrected chi connectivity index (χ0v) is 14.7. The van der Waals surface area contributed by atoms with Crippen molar-refractivity contribution in [1.29, 1.82) is 5.26 Å². The molecule has 122 valence electrons. The number of hydrogen-bond acceptors (Lipinski definition) is 5. The Kier molecular flexibility index (Phi) is 7.61. The predicted octanol–water partition coefficient (Wildman–Crippen LogP) is 1.48. The summed E-state index contributed by atoms with van der Waals surface area (Å²) in [7, 11) is 4.03. The van der Waals surface area contributed by atoms with Gasteiger partial charge in [-0.3, -0.25) is 19.6 Å². The lowest BCUT2D eigenvalue weighted by molar-refractivity contribution is 0.142. The van der Waals surface area contributed by atoms with Gasteiger partial charge in [0.1, 0.15) is 6.04 Å². The molecule has 0 amide bonds. The van der Waals surface area contributed by atoms with Crippen LogP contribution in [0, 0.1) is 11.3 Å². The lowest BCUT2D eigenvalue weighted by atomic mass is 10.3. The number of likely N-dealkylation sites (N-methyl/N-ethyl adjacent to an activating group) is 4. The predicted molar refractivity (Wildman–Crippen MR) is 87.8 cm³/mol. The standard InChI is InChI=1S/C9H20N2.C7H13N3/c1-4-9-10(5-2)7-8-11(9)6-3;1-6-9(2)5-7(4-8)10(6)3/h9H,4-8H2,1-3H3;6-7H,5H2,1-3H3. The maximum atomic E-state index is 8.65. The van der Waals surface area contributed by atoms with Gasteiger partial charge in [-0.2, -0.15) is 5.26 Å². The van der Waals surface area contributed by atoms with Crippen molar-refractivity contribution in [1.82, 2.24) is 19.6 Å². The van der Waals surface area contributed by atoms with Gasteiger partial charge in [-0.25, -0.2) is 0 Å². The fraction of sp³-hybridized carbons (Fsp3) is 0.938. The highest BCUT2D eigenvalue weighted by atomic mass is 15.4. The molecule has 0 radical (unpaired) electrons. The molecule has 0 aromatic heterocycles. The molecule has 2 heterocycles. The van der Waals surface area contributed by atoms with Gasteiger partial charge in [0.2, 0.25) is 0 Å². The highest BCUT2D eigenvalue weighted by Gasteiger charge is 2.31. The third-order valence-corrected chi connectivity index (χ3v) is 5.02. The Balaban J connectivity index is 0.000000211. The Morgan fingerprint density at radius 1 is 1.05 bits per heavy atom. The summed E-state index contributed by atoms with van der Waals surface area (Å²) in [5, 5.41) is 8.65. The first-order valence-corrected chi connectivity index (χ1v) is 8.29. The topological polar surface area (TPSA) is 36.8 Å². The lowest BCUT2D eigenvalue weighted by Gasteiger charge is -2.27. The summed E-state index contributed by atoms with van der Waals surface area (Å²) in [6, 6.07) is 2.34. The van der Waals surface area contributed by atoms with E-state index in [-0.39, 0.29) is 6.04 Å². The van der Waals surface area contributed by atoms with Crippen LogP contribution >= 0.6 is 0 Å². The lowest BCUT2D eigenvalue weighted by Crippen LogP contribution is -2.37. The van der Waals surface area contributed by atoms with Crippen molar-refractivity contribution in [3.05, 3.63) is 0 Å². The van der Waals surface area contributed by atoms with Crippen molar-refractivity contribution in [3.63, 3.8) is 0 Å². The Morgan fingerprint density at radius 2 is 1.57 bits per heavy atom. The van der Waals surface area contributed by atoms with Crippen molar-refractivity contribution in [2.75, 3.05) is 46.8 Å². The molecule has 2 saturated heterocycles. The van der Waals surface area contributed by atoms with Gasteiger partial charge in [0.15, 0.2) is 0 Å². The molecule has 2 rings (SSSR count). The van der Waals surface area contributed by atoms with Crippen LogP contribution in [0.5, 0.6) is 0 Å². The Morgan fingerprint density at radius 3 is 1.81 bits per heavy atom. The zero-order chi connectivity index (χ0) is 16.0. The second-order valence-electron chi connectivity index (χ2n) is 6.03. The van der Waals surface area contributed by atoms with Gasteiger partial charge in [0.05, 0.1) is 18.4 Å². The first-order valence-electron chi connectivity index (χ1n) is 8.29. The summed E-state index contributed by atoms with van der Waals surface area (Å²) in [5.41, 5.74) is 0. The van der Waals surface area contributed by atoms with Crippen molar-refractivity contribution < 1.29 is 0 Å². The molecule has 0 bridgehead atoms. The van der Waals surface area contributed by atoms with E-state index >= 15 is 0 Å². The van der Waals surface area contributed by atoms with Crippen molar-refractivity contribution in [2.45, 2.75) is 52.5 Å². The van der Waals surface area contributed by atoms with Crippen LogP contribution in [0.1, 0.15) is 34.1 Å². The van der Waals surface area contributed by atoms with E-state index in [2.05, 4.69) is 53.4 Å². The third-order valence-electron chi connectivity index (χ3n) is 5.02. The number of hydrogen-bond donors (Lipinski definition) is 0. The summed E-state index contributed by atoms with van der Waals surface area (Å²) >= 11 is 0. The van der Waals surface area contributed by atoms with Crippen LogP contribution in [-0.4, -0.2) is 84.8 Å². The minimum absolute atomic E-state index is 0.0833. The molecule has 0 spiro atoms. The Labute approximate surface area is 131 Å². The van der Waals surface area contributed by atoms with E-state index < -0.39 is 0 Å². The Bertz CT molecular complexity index is 328. The molecule has 2 atom stereocenters. The van der Waals surface area contributed by atoms with Crippen LogP contribution in [0.25, 0.3) is 0 Å². The van der Waals surface area contributed by atoms with Crippen LogP contribution in [0.4, 0.5) is 0 Å². The quantitative estimate of drug-likeness (QED) is 0.788. The fourth-order valence-electron chi connectivity index (χ4n) is 3.30. The van der Waals surface area contributed by atoms with E-state index in [9.17, 15) is 0 Å². The molecular weight excluding hydrogens is 262 g/mol. The molecule has 0 aromatic carbocycles. The summed E-state index contributed by atoms with van der Waals surface area (Å²) in [5.74, 6) is 0. The van der Waals surface area contributed by atoms with E-state index in [0.29, 0.717) is 6.17 Å². The van der Waals surface area contributed by atoms with Crippen LogP contribution < -0.4 is 0 Å². The first-order chi connectivity index (χ1) is 9.99. The normalized spacial score (nSPS) is 29.4. The monoisotopic (exact) mass is 295 g/mol. The van der Waals surface area contributed by atoms with E-state index in [1.54, 1.807) is 0 Å². The van der Waals surface area contributed by atoms with Gasteiger partial charge in [-0.15, -0.1) is 0 Å². The summed E-state index contributed by atoms with van der Waals surface area (Å²) in [6.45, 7) is 14.7. The maximum absolute atomic E-state index is 8.65. The molecule has 0 saturated carbocycles. The molecule has 2 aliphatic heterocycles. The van der Waals surface area contributed by atoms with Gasteiger partial charge in [-0.05, 0) is 40.5 Å². The van der Waals surface area contributed by atoms with Gasteiger partial charge < -0.3 is 0 Å². The summed E-state index contributed by atoms with van der Waals surface area (Å²) in [4.78, 5) is 9.38. The van der Waals surface area contributed by atoms with Crippen LogP contribution in [-0.2, 0) is 0 Å². The van der Waals surface area contributed by atoms with E-state index in [0.717, 1.165) is 12.7 Å². The third kappa shape index (κ3) is 4.40. The average Bonchev–Trinajstić information content (AvgIpc) is 3.03. The highest BCUT2D eigenvalue weighted by Crippen LogP contribution is 2.16. The molecular formula is C16H33N5. The van der Waals surface area contributed by atoms with Gasteiger partial charge >= 0.3 is 0 Å². The molecule has 2 unspecified atom stereocenters. The second kappa shape index (κ2) is 8.70. The van der Waals surface area contributed by atoms with Crippen molar-refractivity contribution in [2.24, 2.45) is 0 Å². The second-order valence-corrected chi connectivity index (χ2v) is 6.03. The van der Waals surface area contributed by atoms with Crippen molar-refractivity contribution in [3.8, 4) is 6.07 Å². The first kappa shape index (κ1) is 18.4. The van der Waals surface area contributed by atoms with Gasteiger partial charge in [-0.1, -0.05) is 20.8 Å². The zero-order valence-electron chi connectivity index (χ0n) is 14.7. The molecule has 0 aliphatic carbocycles. The summed E-state index contributed by atoms with van der Waals surface area (Å²) < 4.78 is 0. The fourth-order valence-corrected chi connectivity index (χ4v) is 3.30. The number of nitrogens with zero attached hydrogens (tertiary/aromatic N) is 5. The number of rotatable bonds is 3. The van der Waals surface area contributed by atoms with E-state index in [1.165, 1.54) is 32.6 Å². The van der Waals surface area contributed by atoms with Crippen LogP contribution in [0.15, 0.2) is 0 Å². The maximum Gasteiger partial charge on any atom is 0.112 e. The molecule has 5 heteroatoms. The minimum Gasteiger partial charge on any atom is -0.289 e. The van der Waals surface area contributed by atoms with Crippen molar-refractivity contribution >= 4 is 0 Å². The highest BCUT2D eigenvalue weighted by molar-refractivity contribution is 4.98. The molecule has 0 aromatic rings. The molecule has 5 nitrogen and oxygen atoms in total. The largest absolute Gasteiger partial charge is 0.289 e. The van der Waals surface area contributed by atoms with E-state index in [4.69, 9.17) is 5.26 Å². The minimum atomic E-state index is 0.0833. The molecule has 2 aliphatic rings. The molecule has 2 fully saturated rings. The Hall–Kier alpha value is -0.670. The SMILES string of the molecule is CC1N(C)CC(C#N)N1C.CCC1N(CC)CCN1CC. The number of nitriles is 1. The average molecular weight is 295 g/mol. The smallest absolute Gasteiger partial charge is 0.112 e. The van der Waals surface area contributed by atoms with Crippen LogP contribution in [0.3, 0.4) is 0 Å². The summed E-state index contributed by atoms with van der Waals surface area (Å²) in [6.07, 6.45) is 2.40. The van der Waals surface area contributed by atoms with Gasteiger partial charge in [0.25, 0.3) is 0 Å². The van der Waals surface area contributed by atoms with Gasteiger partial charge in [0, 0.05) is 19.6 Å². The molecule has 0 N–H and O–H groups in total.